The van der Waals surface area contributed by atoms with E-state index in [9.17, 15) is 4.79 Å². The van der Waals surface area contributed by atoms with Crippen LogP contribution in [-0.4, -0.2) is 43.2 Å². The van der Waals surface area contributed by atoms with Crippen molar-refractivity contribution in [1.29, 1.82) is 0 Å². The number of likely N-dealkylation sites (tertiary alicyclic amines) is 1. The normalized spacial score (nSPS) is 22.5. The molecule has 0 aromatic heterocycles. The number of nitrogens with two attached hydrogens (primary N) is 1. The minimum atomic E-state index is -0.288. The Bertz CT molecular complexity index is 207. The number of ether oxygens (including phenoxy) is 1. The summed E-state index contributed by atoms with van der Waals surface area (Å²) in [5.41, 5.74) is 5.69. The quantitative estimate of drug-likeness (QED) is 0.682. The largest absolute Gasteiger partial charge is 0.379 e. The molecule has 0 bridgehead atoms. The van der Waals surface area contributed by atoms with Gasteiger partial charge < -0.3 is 15.4 Å². The van der Waals surface area contributed by atoms with Gasteiger partial charge in [0.1, 0.15) is 0 Å². The number of hydrogen-bond donors (Lipinski definition) is 1. The number of nitrogens with zero attached hydrogens (tertiary/aromatic N) is 1. The van der Waals surface area contributed by atoms with Gasteiger partial charge in [-0.1, -0.05) is 13.8 Å². The van der Waals surface area contributed by atoms with Gasteiger partial charge in [-0.25, -0.2) is 0 Å². The SMILES string of the molecule is CC(C)COCCN1CCCC(N)C1=O. The highest BCUT2D eigenvalue weighted by molar-refractivity contribution is 5.82. The van der Waals surface area contributed by atoms with Crippen LogP contribution in [0.25, 0.3) is 0 Å². The maximum atomic E-state index is 11.6. The molecule has 0 radical (unpaired) electrons. The first kappa shape index (κ1) is 12.5. The number of amides is 1. The number of piperidine rings is 1. The van der Waals surface area contributed by atoms with E-state index >= 15 is 0 Å². The van der Waals surface area contributed by atoms with Crippen molar-refractivity contribution in [2.24, 2.45) is 11.7 Å². The molecule has 1 rings (SSSR count). The summed E-state index contributed by atoms with van der Waals surface area (Å²) in [6, 6.07) is -0.288. The van der Waals surface area contributed by atoms with Gasteiger partial charge in [0.05, 0.1) is 12.6 Å². The Balaban J connectivity index is 2.17. The summed E-state index contributed by atoms with van der Waals surface area (Å²) in [5.74, 6) is 0.624. The summed E-state index contributed by atoms with van der Waals surface area (Å²) in [6.45, 7) is 7.12. The monoisotopic (exact) mass is 214 g/mol. The Hall–Kier alpha value is -0.610. The average molecular weight is 214 g/mol. The molecular weight excluding hydrogens is 192 g/mol. The van der Waals surface area contributed by atoms with Crippen LogP contribution in [0, 0.1) is 5.92 Å². The van der Waals surface area contributed by atoms with Crippen molar-refractivity contribution in [3.8, 4) is 0 Å². The third kappa shape index (κ3) is 4.18. The molecule has 2 N–H and O–H groups in total. The fourth-order valence-electron chi connectivity index (χ4n) is 1.69. The van der Waals surface area contributed by atoms with Gasteiger partial charge >= 0.3 is 0 Å². The van der Waals surface area contributed by atoms with Crippen LogP contribution in [0.5, 0.6) is 0 Å². The Kier molecular flexibility index (Phi) is 5.05. The third-order valence-corrected chi connectivity index (χ3v) is 2.53. The number of carbonyl (C=O) groups excluding carboxylic acids is 1. The van der Waals surface area contributed by atoms with E-state index < -0.39 is 0 Å². The lowest BCUT2D eigenvalue weighted by molar-refractivity contribution is -0.135. The Morgan fingerprint density at radius 1 is 1.60 bits per heavy atom. The van der Waals surface area contributed by atoms with Crippen LogP contribution in [0.1, 0.15) is 26.7 Å². The summed E-state index contributed by atoms with van der Waals surface area (Å²) in [4.78, 5) is 13.4. The molecule has 4 nitrogen and oxygen atoms in total. The first-order valence-electron chi connectivity index (χ1n) is 5.73. The van der Waals surface area contributed by atoms with E-state index in [1.165, 1.54) is 0 Å². The molecule has 1 saturated heterocycles. The number of hydrogen-bond acceptors (Lipinski definition) is 3. The lowest BCUT2D eigenvalue weighted by Crippen LogP contribution is -2.49. The molecule has 88 valence electrons. The second-order valence-corrected chi connectivity index (χ2v) is 4.54. The van der Waals surface area contributed by atoms with Crippen molar-refractivity contribution in [2.75, 3.05) is 26.3 Å². The fourth-order valence-corrected chi connectivity index (χ4v) is 1.69. The van der Waals surface area contributed by atoms with Gasteiger partial charge in [-0.2, -0.15) is 0 Å². The highest BCUT2D eigenvalue weighted by Crippen LogP contribution is 2.09. The average Bonchev–Trinajstić information content (AvgIpc) is 2.18. The molecule has 1 unspecified atom stereocenters. The van der Waals surface area contributed by atoms with Crippen molar-refractivity contribution in [3.63, 3.8) is 0 Å². The predicted molar refractivity (Wildman–Crippen MR) is 59.4 cm³/mol. The molecule has 0 spiro atoms. The zero-order valence-electron chi connectivity index (χ0n) is 9.74. The van der Waals surface area contributed by atoms with Crippen LogP contribution in [0.2, 0.25) is 0 Å². The van der Waals surface area contributed by atoms with E-state index in [1.807, 2.05) is 4.90 Å². The maximum Gasteiger partial charge on any atom is 0.239 e. The van der Waals surface area contributed by atoms with Crippen molar-refractivity contribution in [1.82, 2.24) is 4.90 Å². The van der Waals surface area contributed by atoms with E-state index in [2.05, 4.69) is 13.8 Å². The maximum absolute atomic E-state index is 11.6. The van der Waals surface area contributed by atoms with Crippen LogP contribution in [0.15, 0.2) is 0 Å². The molecule has 0 aromatic carbocycles. The van der Waals surface area contributed by atoms with Gasteiger partial charge in [-0.15, -0.1) is 0 Å². The van der Waals surface area contributed by atoms with Crippen molar-refractivity contribution >= 4 is 5.91 Å². The van der Waals surface area contributed by atoms with Crippen LogP contribution in [0.4, 0.5) is 0 Å². The zero-order chi connectivity index (χ0) is 11.3. The van der Waals surface area contributed by atoms with E-state index in [-0.39, 0.29) is 11.9 Å². The molecule has 0 saturated carbocycles. The lowest BCUT2D eigenvalue weighted by Gasteiger charge is -2.30. The van der Waals surface area contributed by atoms with Crippen LogP contribution in [-0.2, 0) is 9.53 Å². The second kappa shape index (κ2) is 6.08. The molecule has 1 aliphatic rings. The van der Waals surface area contributed by atoms with Crippen molar-refractivity contribution in [3.05, 3.63) is 0 Å². The van der Waals surface area contributed by atoms with Gasteiger partial charge in [-0.05, 0) is 18.8 Å². The molecule has 4 heteroatoms. The van der Waals surface area contributed by atoms with Gasteiger partial charge in [-0.3, -0.25) is 4.79 Å². The van der Waals surface area contributed by atoms with Gasteiger partial charge in [0, 0.05) is 19.7 Å². The smallest absolute Gasteiger partial charge is 0.239 e. The molecule has 1 fully saturated rings. The van der Waals surface area contributed by atoms with E-state index in [4.69, 9.17) is 10.5 Å². The first-order chi connectivity index (χ1) is 7.11. The lowest BCUT2D eigenvalue weighted by atomic mass is 10.1. The molecule has 1 atom stereocenters. The second-order valence-electron chi connectivity index (χ2n) is 4.54. The van der Waals surface area contributed by atoms with E-state index in [0.717, 1.165) is 26.0 Å². The summed E-state index contributed by atoms with van der Waals surface area (Å²) in [6.07, 6.45) is 1.83. The molecular formula is C11H22N2O2. The molecule has 0 aliphatic carbocycles. The van der Waals surface area contributed by atoms with E-state index in [0.29, 0.717) is 19.1 Å². The molecule has 1 aliphatic heterocycles. The Morgan fingerprint density at radius 3 is 3.00 bits per heavy atom. The number of rotatable bonds is 5. The number of carbonyl (C=O) groups is 1. The highest BCUT2D eigenvalue weighted by Gasteiger charge is 2.24. The Morgan fingerprint density at radius 2 is 2.33 bits per heavy atom. The van der Waals surface area contributed by atoms with Crippen molar-refractivity contribution in [2.45, 2.75) is 32.7 Å². The van der Waals surface area contributed by atoms with Gasteiger partial charge in [0.15, 0.2) is 0 Å². The van der Waals surface area contributed by atoms with Gasteiger partial charge in [0.25, 0.3) is 0 Å². The van der Waals surface area contributed by atoms with Gasteiger partial charge in [0.2, 0.25) is 5.91 Å². The summed E-state index contributed by atoms with van der Waals surface area (Å²) < 4.78 is 5.45. The molecule has 0 aromatic rings. The summed E-state index contributed by atoms with van der Waals surface area (Å²) >= 11 is 0. The fraction of sp³-hybridized carbons (Fsp3) is 0.909. The van der Waals surface area contributed by atoms with E-state index in [1.54, 1.807) is 0 Å². The topological polar surface area (TPSA) is 55.6 Å². The summed E-state index contributed by atoms with van der Waals surface area (Å²) in [5, 5.41) is 0. The molecule has 1 amide bonds. The molecule has 15 heavy (non-hydrogen) atoms. The van der Waals surface area contributed by atoms with Crippen LogP contribution >= 0.6 is 0 Å². The van der Waals surface area contributed by atoms with Crippen molar-refractivity contribution < 1.29 is 9.53 Å². The van der Waals surface area contributed by atoms with Crippen LogP contribution < -0.4 is 5.73 Å². The minimum Gasteiger partial charge on any atom is -0.379 e. The first-order valence-corrected chi connectivity index (χ1v) is 5.73. The standard InChI is InChI=1S/C11H22N2O2/c1-9(2)8-15-7-6-13-5-3-4-10(12)11(13)14/h9-10H,3-8,12H2,1-2H3. The Labute approximate surface area is 91.8 Å². The summed E-state index contributed by atoms with van der Waals surface area (Å²) in [7, 11) is 0. The molecule has 1 heterocycles. The van der Waals surface area contributed by atoms with Crippen LogP contribution in [0.3, 0.4) is 0 Å². The minimum absolute atomic E-state index is 0.0781. The highest BCUT2D eigenvalue weighted by atomic mass is 16.5. The zero-order valence-corrected chi connectivity index (χ0v) is 9.74. The predicted octanol–water partition coefficient (Wildman–Crippen LogP) is 0.609. The third-order valence-electron chi connectivity index (χ3n) is 2.53.